The third kappa shape index (κ3) is 1.55. The van der Waals surface area contributed by atoms with Crippen LogP contribution in [0.3, 0.4) is 0 Å². The lowest BCUT2D eigenvalue weighted by molar-refractivity contribution is 1.22. The highest BCUT2D eigenvalue weighted by atomic mass is 15.1. The van der Waals surface area contributed by atoms with Crippen molar-refractivity contribution in [1.29, 1.82) is 0 Å². The molecule has 0 unspecified atom stereocenters. The van der Waals surface area contributed by atoms with E-state index >= 15 is 0 Å². The van der Waals surface area contributed by atoms with Crippen LogP contribution < -0.4 is 11.5 Å². The lowest BCUT2D eigenvalue weighted by Crippen LogP contribution is -1.97. The van der Waals surface area contributed by atoms with Crippen LogP contribution in [0.1, 0.15) is 0 Å². The van der Waals surface area contributed by atoms with Gasteiger partial charge in [0.15, 0.2) is 11.6 Å². The Morgan fingerprint density at radius 3 is 2.47 bits per heavy atom. The second kappa shape index (κ2) is 3.44. The van der Waals surface area contributed by atoms with Gasteiger partial charge in [-0.05, 0) is 0 Å². The van der Waals surface area contributed by atoms with Gasteiger partial charge in [0.25, 0.3) is 0 Å². The highest BCUT2D eigenvalue weighted by Gasteiger charge is 2.11. The van der Waals surface area contributed by atoms with E-state index in [1.807, 2.05) is 30.3 Å². The molecule has 2 heterocycles. The molecular weight excluding hydrogens is 216 g/mol. The van der Waals surface area contributed by atoms with Crippen molar-refractivity contribution in [2.75, 3.05) is 11.5 Å². The standard InChI is InChI=1S/C11H10N6/c12-10-14-7(6-4-2-1-3-5-6)8-9(16-10)17-11(13)15-8/h1-5H,(H5,12,13,14,15,16,17). The van der Waals surface area contributed by atoms with Gasteiger partial charge in [0.1, 0.15) is 11.2 Å². The number of rotatable bonds is 1. The van der Waals surface area contributed by atoms with Gasteiger partial charge in [0.05, 0.1) is 0 Å². The summed E-state index contributed by atoms with van der Waals surface area (Å²) >= 11 is 0. The fraction of sp³-hybridized carbons (Fsp3) is 0. The summed E-state index contributed by atoms with van der Waals surface area (Å²) in [4.78, 5) is 15.2. The Morgan fingerprint density at radius 1 is 0.941 bits per heavy atom. The number of nitrogen functional groups attached to an aromatic ring is 2. The maximum atomic E-state index is 5.65. The van der Waals surface area contributed by atoms with Gasteiger partial charge in [-0.2, -0.15) is 9.97 Å². The van der Waals surface area contributed by atoms with Crippen LogP contribution in [0.4, 0.5) is 11.9 Å². The Kier molecular flexibility index (Phi) is 1.94. The zero-order valence-electron chi connectivity index (χ0n) is 8.88. The Labute approximate surface area is 96.7 Å². The minimum Gasteiger partial charge on any atom is -0.369 e. The maximum Gasteiger partial charge on any atom is 0.222 e. The third-order valence-corrected chi connectivity index (χ3v) is 2.43. The second-order valence-electron chi connectivity index (χ2n) is 3.62. The molecule has 3 rings (SSSR count). The van der Waals surface area contributed by atoms with Crippen LogP contribution >= 0.6 is 0 Å². The molecular formula is C11H10N6. The van der Waals surface area contributed by atoms with Crippen LogP contribution in [0.2, 0.25) is 0 Å². The van der Waals surface area contributed by atoms with Crippen molar-refractivity contribution in [3.8, 4) is 11.3 Å². The Morgan fingerprint density at radius 2 is 1.71 bits per heavy atom. The summed E-state index contributed by atoms with van der Waals surface area (Å²) in [6.07, 6.45) is 0. The largest absolute Gasteiger partial charge is 0.369 e. The summed E-state index contributed by atoms with van der Waals surface area (Å²) in [6.45, 7) is 0. The van der Waals surface area contributed by atoms with Crippen LogP contribution in [0.25, 0.3) is 22.4 Å². The lowest BCUT2D eigenvalue weighted by atomic mass is 10.1. The number of anilines is 2. The number of nitrogens with one attached hydrogen (secondary N) is 1. The zero-order valence-corrected chi connectivity index (χ0v) is 8.88. The molecule has 0 atom stereocenters. The normalized spacial score (nSPS) is 10.8. The van der Waals surface area contributed by atoms with Crippen LogP contribution in [0, 0.1) is 0 Å². The molecule has 3 aromatic rings. The van der Waals surface area contributed by atoms with Crippen molar-refractivity contribution in [2.45, 2.75) is 0 Å². The van der Waals surface area contributed by atoms with Gasteiger partial charge in [-0.3, -0.25) is 0 Å². The molecule has 1 aromatic carbocycles. The zero-order chi connectivity index (χ0) is 11.8. The molecule has 5 N–H and O–H groups in total. The van der Waals surface area contributed by atoms with E-state index in [2.05, 4.69) is 19.9 Å². The Balaban J connectivity index is 2.35. The van der Waals surface area contributed by atoms with Gasteiger partial charge in [-0.15, -0.1) is 0 Å². The number of nitrogens with two attached hydrogens (primary N) is 2. The topological polar surface area (TPSA) is 106 Å². The first-order valence-corrected chi connectivity index (χ1v) is 5.08. The smallest absolute Gasteiger partial charge is 0.222 e. The average Bonchev–Trinajstić information content (AvgIpc) is 2.69. The molecule has 0 aliphatic heterocycles. The fourth-order valence-electron chi connectivity index (χ4n) is 1.74. The first-order valence-electron chi connectivity index (χ1n) is 5.08. The number of fused-ring (bicyclic) bond motifs is 1. The molecule has 0 spiro atoms. The number of imidazole rings is 1. The summed E-state index contributed by atoms with van der Waals surface area (Å²) in [6, 6.07) is 9.68. The molecule has 0 fully saturated rings. The molecule has 6 nitrogen and oxygen atoms in total. The molecule has 0 amide bonds. The predicted molar refractivity (Wildman–Crippen MR) is 65.9 cm³/mol. The highest BCUT2D eigenvalue weighted by Crippen LogP contribution is 2.25. The van der Waals surface area contributed by atoms with Crippen molar-refractivity contribution in [3.63, 3.8) is 0 Å². The molecule has 0 saturated heterocycles. The van der Waals surface area contributed by atoms with Crippen LogP contribution in [0.15, 0.2) is 30.3 Å². The van der Waals surface area contributed by atoms with Gasteiger partial charge < -0.3 is 16.5 Å². The molecule has 6 heteroatoms. The van der Waals surface area contributed by atoms with Crippen molar-refractivity contribution in [3.05, 3.63) is 30.3 Å². The van der Waals surface area contributed by atoms with E-state index in [1.165, 1.54) is 0 Å². The Hall–Kier alpha value is -2.63. The van der Waals surface area contributed by atoms with Crippen molar-refractivity contribution >= 4 is 23.1 Å². The average molecular weight is 226 g/mol. The second-order valence-corrected chi connectivity index (χ2v) is 3.62. The van der Waals surface area contributed by atoms with E-state index < -0.39 is 0 Å². The van der Waals surface area contributed by atoms with Gasteiger partial charge in [0, 0.05) is 5.56 Å². The predicted octanol–water partition coefficient (Wildman–Crippen LogP) is 1.18. The van der Waals surface area contributed by atoms with Crippen molar-refractivity contribution < 1.29 is 0 Å². The first kappa shape index (κ1) is 9.59. The third-order valence-electron chi connectivity index (χ3n) is 2.43. The summed E-state index contributed by atoms with van der Waals surface area (Å²) in [5.41, 5.74) is 14.1. The number of aromatic amines is 1. The van der Waals surface area contributed by atoms with Crippen LogP contribution in [-0.4, -0.2) is 19.9 Å². The summed E-state index contributed by atoms with van der Waals surface area (Å²) in [7, 11) is 0. The molecule has 84 valence electrons. The molecule has 0 bridgehead atoms. The molecule has 0 saturated carbocycles. The van der Waals surface area contributed by atoms with Gasteiger partial charge in [0.2, 0.25) is 5.95 Å². The summed E-state index contributed by atoms with van der Waals surface area (Å²) in [5, 5.41) is 0. The van der Waals surface area contributed by atoms with Gasteiger partial charge in [-0.1, -0.05) is 30.3 Å². The number of hydrogen-bond acceptors (Lipinski definition) is 5. The number of benzene rings is 1. The number of hydrogen-bond donors (Lipinski definition) is 3. The van der Waals surface area contributed by atoms with E-state index in [1.54, 1.807) is 0 Å². The van der Waals surface area contributed by atoms with E-state index in [-0.39, 0.29) is 5.95 Å². The van der Waals surface area contributed by atoms with Crippen LogP contribution in [-0.2, 0) is 0 Å². The van der Waals surface area contributed by atoms with Crippen molar-refractivity contribution in [2.24, 2.45) is 0 Å². The van der Waals surface area contributed by atoms with E-state index in [0.29, 0.717) is 22.8 Å². The molecule has 0 radical (unpaired) electrons. The molecule has 17 heavy (non-hydrogen) atoms. The Bertz CT molecular complexity index is 673. The van der Waals surface area contributed by atoms with Gasteiger partial charge in [-0.25, -0.2) is 4.98 Å². The van der Waals surface area contributed by atoms with Crippen molar-refractivity contribution in [1.82, 2.24) is 19.9 Å². The van der Waals surface area contributed by atoms with Gasteiger partial charge >= 0.3 is 0 Å². The SMILES string of the molecule is Nc1nc(-c2ccccc2)c2[nH]c(N)nc2n1. The molecule has 0 aliphatic rings. The minimum atomic E-state index is 0.183. The number of aromatic nitrogens is 4. The van der Waals surface area contributed by atoms with Crippen LogP contribution in [0.5, 0.6) is 0 Å². The summed E-state index contributed by atoms with van der Waals surface area (Å²) in [5.74, 6) is 0.486. The fourth-order valence-corrected chi connectivity index (χ4v) is 1.74. The van der Waals surface area contributed by atoms with E-state index in [4.69, 9.17) is 11.5 Å². The van der Waals surface area contributed by atoms with E-state index in [9.17, 15) is 0 Å². The van der Waals surface area contributed by atoms with E-state index in [0.717, 1.165) is 5.56 Å². The maximum absolute atomic E-state index is 5.65. The number of H-pyrrole nitrogens is 1. The number of nitrogens with zero attached hydrogens (tertiary/aromatic N) is 3. The monoisotopic (exact) mass is 226 g/mol. The quantitative estimate of drug-likeness (QED) is 0.577. The molecule has 0 aliphatic carbocycles. The first-order chi connectivity index (χ1) is 8.24. The summed E-state index contributed by atoms with van der Waals surface area (Å²) < 4.78 is 0. The lowest BCUT2D eigenvalue weighted by Gasteiger charge is -2.02. The highest BCUT2D eigenvalue weighted by molar-refractivity contribution is 5.89. The minimum absolute atomic E-state index is 0.183. The molecule has 2 aromatic heterocycles.